The zero-order valence-electron chi connectivity index (χ0n) is 11.2. The third kappa shape index (κ3) is 2.54. The molecule has 0 bridgehead atoms. The Balaban J connectivity index is 1.75. The zero-order valence-corrected chi connectivity index (χ0v) is 11.2. The predicted molar refractivity (Wildman–Crippen MR) is 79.0 cm³/mol. The third-order valence-corrected chi connectivity index (χ3v) is 3.03. The van der Waals surface area contributed by atoms with Gasteiger partial charge in [-0.05, 0) is 12.1 Å². The molecule has 102 valence electrons. The minimum absolute atomic E-state index is 0.764. The molecule has 2 N–H and O–H groups in total. The summed E-state index contributed by atoms with van der Waals surface area (Å²) in [5.74, 6) is 1.58. The van der Waals surface area contributed by atoms with Gasteiger partial charge in [-0.15, -0.1) is 0 Å². The molecule has 0 saturated heterocycles. The Morgan fingerprint density at radius 2 is 2.15 bits per heavy atom. The van der Waals surface area contributed by atoms with E-state index in [4.69, 9.17) is 0 Å². The van der Waals surface area contributed by atoms with Crippen molar-refractivity contribution in [3.8, 4) is 0 Å². The van der Waals surface area contributed by atoms with Crippen LogP contribution in [0.2, 0.25) is 0 Å². The van der Waals surface area contributed by atoms with Gasteiger partial charge in [0.05, 0.1) is 6.20 Å². The van der Waals surface area contributed by atoms with Crippen LogP contribution in [0.3, 0.4) is 0 Å². The number of imidazole rings is 1. The van der Waals surface area contributed by atoms with Crippen molar-refractivity contribution in [2.75, 3.05) is 24.2 Å². The van der Waals surface area contributed by atoms with Crippen molar-refractivity contribution in [1.29, 1.82) is 0 Å². The predicted octanol–water partition coefficient (Wildman–Crippen LogP) is 1.82. The van der Waals surface area contributed by atoms with E-state index in [1.807, 2.05) is 48.2 Å². The molecule has 0 fully saturated rings. The van der Waals surface area contributed by atoms with Gasteiger partial charge in [0.1, 0.15) is 5.82 Å². The van der Waals surface area contributed by atoms with Gasteiger partial charge in [0.2, 0.25) is 0 Å². The summed E-state index contributed by atoms with van der Waals surface area (Å²) in [6, 6.07) is 5.93. The molecule has 6 heteroatoms. The van der Waals surface area contributed by atoms with E-state index in [9.17, 15) is 0 Å². The molecule has 3 aromatic rings. The van der Waals surface area contributed by atoms with Crippen LogP contribution in [0.5, 0.6) is 0 Å². The van der Waals surface area contributed by atoms with Gasteiger partial charge in [-0.2, -0.15) is 0 Å². The quantitative estimate of drug-likeness (QED) is 0.739. The molecule has 0 spiro atoms. The summed E-state index contributed by atoms with van der Waals surface area (Å²) < 4.78 is 1.95. The van der Waals surface area contributed by atoms with Crippen LogP contribution < -0.4 is 10.6 Å². The van der Waals surface area contributed by atoms with E-state index in [2.05, 4.69) is 25.6 Å². The Bertz CT molecular complexity index is 691. The van der Waals surface area contributed by atoms with Crippen molar-refractivity contribution in [3.63, 3.8) is 0 Å². The average molecular weight is 268 g/mol. The molecule has 0 radical (unpaired) electrons. The van der Waals surface area contributed by atoms with E-state index < -0.39 is 0 Å². The van der Waals surface area contributed by atoms with Gasteiger partial charge >= 0.3 is 0 Å². The lowest BCUT2D eigenvalue weighted by Crippen LogP contribution is -2.10. The second-order valence-electron chi connectivity index (χ2n) is 4.38. The Labute approximate surface area is 116 Å². The third-order valence-electron chi connectivity index (χ3n) is 3.03. The van der Waals surface area contributed by atoms with E-state index in [-0.39, 0.29) is 0 Å². The standard InChI is InChI=1S/C14H16N6/c1-15-12-10-20-9-8-18-14(20)13(19-12)17-7-5-11-4-2-3-6-16-11/h2-4,6,8-10,15H,5,7H2,1H3,(H,17,19). The molecule has 0 saturated carbocycles. The van der Waals surface area contributed by atoms with Crippen LogP contribution in [-0.2, 0) is 6.42 Å². The van der Waals surface area contributed by atoms with E-state index in [1.54, 1.807) is 6.20 Å². The van der Waals surface area contributed by atoms with Gasteiger partial charge < -0.3 is 15.0 Å². The molecule has 0 amide bonds. The average Bonchev–Trinajstić information content (AvgIpc) is 2.96. The smallest absolute Gasteiger partial charge is 0.180 e. The van der Waals surface area contributed by atoms with Crippen molar-refractivity contribution in [2.45, 2.75) is 6.42 Å². The van der Waals surface area contributed by atoms with Gasteiger partial charge in [-0.25, -0.2) is 9.97 Å². The molecule has 0 atom stereocenters. The number of hydrogen-bond donors (Lipinski definition) is 2. The summed E-state index contributed by atoms with van der Waals surface area (Å²) >= 11 is 0. The first-order valence-corrected chi connectivity index (χ1v) is 6.52. The highest BCUT2D eigenvalue weighted by molar-refractivity contribution is 5.65. The summed E-state index contributed by atoms with van der Waals surface area (Å²) in [5.41, 5.74) is 1.88. The monoisotopic (exact) mass is 268 g/mol. The van der Waals surface area contributed by atoms with Crippen LogP contribution in [0.1, 0.15) is 5.69 Å². The van der Waals surface area contributed by atoms with E-state index in [0.717, 1.165) is 35.9 Å². The molecule has 3 aromatic heterocycles. The highest BCUT2D eigenvalue weighted by Gasteiger charge is 2.06. The van der Waals surface area contributed by atoms with Gasteiger partial charge in [-0.3, -0.25) is 4.98 Å². The molecule has 0 aliphatic rings. The summed E-state index contributed by atoms with van der Waals surface area (Å²) in [7, 11) is 1.85. The molecular formula is C14H16N6. The first-order chi connectivity index (χ1) is 9.86. The first-order valence-electron chi connectivity index (χ1n) is 6.52. The fourth-order valence-electron chi connectivity index (χ4n) is 2.03. The molecular weight excluding hydrogens is 252 g/mol. The van der Waals surface area contributed by atoms with Gasteiger partial charge in [0.25, 0.3) is 0 Å². The van der Waals surface area contributed by atoms with E-state index >= 15 is 0 Å². The zero-order chi connectivity index (χ0) is 13.8. The van der Waals surface area contributed by atoms with E-state index in [1.165, 1.54) is 0 Å². The molecule has 6 nitrogen and oxygen atoms in total. The number of nitrogens with one attached hydrogen (secondary N) is 2. The van der Waals surface area contributed by atoms with Gasteiger partial charge in [-0.1, -0.05) is 6.07 Å². The lowest BCUT2D eigenvalue weighted by molar-refractivity contribution is 0.951. The summed E-state index contributed by atoms with van der Waals surface area (Å²) in [6.45, 7) is 0.764. The number of aromatic nitrogens is 4. The Hall–Kier alpha value is -2.63. The molecule has 0 aliphatic heterocycles. The number of rotatable bonds is 5. The molecule has 0 aromatic carbocycles. The Kier molecular flexibility index (Phi) is 3.45. The SMILES string of the molecule is CNc1cn2ccnc2c(NCCc2ccccn2)n1. The van der Waals surface area contributed by atoms with Crippen LogP contribution >= 0.6 is 0 Å². The van der Waals surface area contributed by atoms with Crippen LogP contribution in [0, 0.1) is 0 Å². The number of fused-ring (bicyclic) bond motifs is 1. The fraction of sp³-hybridized carbons (Fsp3) is 0.214. The van der Waals surface area contributed by atoms with Crippen LogP contribution in [-0.4, -0.2) is 32.9 Å². The highest BCUT2D eigenvalue weighted by atomic mass is 15.1. The summed E-state index contributed by atoms with van der Waals surface area (Å²) in [5, 5.41) is 6.37. The van der Waals surface area contributed by atoms with Crippen LogP contribution in [0.4, 0.5) is 11.6 Å². The molecule has 3 heterocycles. The van der Waals surface area contributed by atoms with Crippen molar-refractivity contribution >= 4 is 17.3 Å². The Morgan fingerprint density at radius 3 is 2.95 bits per heavy atom. The largest absolute Gasteiger partial charge is 0.372 e. The molecule has 0 aliphatic carbocycles. The minimum atomic E-state index is 0.764. The number of hydrogen-bond acceptors (Lipinski definition) is 5. The van der Waals surface area contributed by atoms with E-state index in [0.29, 0.717) is 0 Å². The summed E-state index contributed by atoms with van der Waals surface area (Å²) in [4.78, 5) is 13.1. The lowest BCUT2D eigenvalue weighted by atomic mass is 10.3. The van der Waals surface area contributed by atoms with Crippen LogP contribution in [0.15, 0.2) is 43.0 Å². The summed E-state index contributed by atoms with van der Waals surface area (Å²) in [6.07, 6.45) is 8.23. The maximum Gasteiger partial charge on any atom is 0.180 e. The maximum absolute atomic E-state index is 4.50. The fourth-order valence-corrected chi connectivity index (χ4v) is 2.03. The van der Waals surface area contributed by atoms with Crippen molar-refractivity contribution in [3.05, 3.63) is 48.7 Å². The minimum Gasteiger partial charge on any atom is -0.372 e. The lowest BCUT2D eigenvalue weighted by Gasteiger charge is -2.09. The van der Waals surface area contributed by atoms with Crippen molar-refractivity contribution in [2.24, 2.45) is 0 Å². The first kappa shape index (κ1) is 12.4. The van der Waals surface area contributed by atoms with Crippen molar-refractivity contribution < 1.29 is 0 Å². The van der Waals surface area contributed by atoms with Crippen LogP contribution in [0.25, 0.3) is 5.65 Å². The number of nitrogens with zero attached hydrogens (tertiary/aromatic N) is 4. The van der Waals surface area contributed by atoms with Crippen molar-refractivity contribution in [1.82, 2.24) is 19.4 Å². The molecule has 0 unspecified atom stereocenters. The molecule has 3 rings (SSSR count). The second-order valence-corrected chi connectivity index (χ2v) is 4.38. The number of anilines is 2. The van der Waals surface area contributed by atoms with Gasteiger partial charge in [0.15, 0.2) is 11.5 Å². The Morgan fingerprint density at radius 1 is 1.20 bits per heavy atom. The number of pyridine rings is 1. The maximum atomic E-state index is 4.50. The normalized spacial score (nSPS) is 10.7. The highest BCUT2D eigenvalue weighted by Crippen LogP contribution is 2.15. The van der Waals surface area contributed by atoms with Gasteiger partial charge in [0, 0.05) is 44.3 Å². The topological polar surface area (TPSA) is 67.1 Å². The second kappa shape index (κ2) is 5.56. The molecule has 20 heavy (non-hydrogen) atoms.